The molecular formula is C12H18FN. The van der Waals surface area contributed by atoms with Crippen LogP contribution in [-0.4, -0.2) is 13.2 Å². The van der Waals surface area contributed by atoms with Crippen LogP contribution in [0.15, 0.2) is 24.3 Å². The molecule has 1 atom stereocenters. The van der Waals surface area contributed by atoms with Crippen LogP contribution in [0, 0.1) is 6.92 Å². The number of rotatable bonds is 5. The number of alkyl halides is 1. The van der Waals surface area contributed by atoms with Gasteiger partial charge in [-0.3, -0.25) is 4.39 Å². The van der Waals surface area contributed by atoms with Gasteiger partial charge >= 0.3 is 0 Å². The Morgan fingerprint density at radius 3 is 2.86 bits per heavy atom. The van der Waals surface area contributed by atoms with E-state index in [2.05, 4.69) is 43.4 Å². The largest absolute Gasteiger partial charge is 0.310 e. The Morgan fingerprint density at radius 1 is 1.43 bits per heavy atom. The van der Waals surface area contributed by atoms with Crippen molar-refractivity contribution in [3.63, 3.8) is 0 Å². The summed E-state index contributed by atoms with van der Waals surface area (Å²) in [6, 6.07) is 8.70. The van der Waals surface area contributed by atoms with E-state index in [-0.39, 0.29) is 6.67 Å². The van der Waals surface area contributed by atoms with E-state index in [0.717, 1.165) is 6.54 Å². The average Bonchev–Trinajstić information content (AvgIpc) is 2.18. The zero-order valence-electron chi connectivity index (χ0n) is 8.89. The Kier molecular flexibility index (Phi) is 4.60. The van der Waals surface area contributed by atoms with Crippen LogP contribution in [-0.2, 0) is 0 Å². The highest BCUT2D eigenvalue weighted by Gasteiger charge is 2.03. The summed E-state index contributed by atoms with van der Waals surface area (Å²) in [6.45, 7) is 4.68. The molecule has 0 saturated heterocycles. The van der Waals surface area contributed by atoms with E-state index in [1.54, 1.807) is 0 Å². The molecule has 2 heteroatoms. The molecule has 1 nitrogen and oxygen atoms in total. The molecule has 78 valence electrons. The first-order chi connectivity index (χ1) is 6.74. The van der Waals surface area contributed by atoms with Gasteiger partial charge in [-0.05, 0) is 32.4 Å². The van der Waals surface area contributed by atoms with Crippen molar-refractivity contribution in [2.75, 3.05) is 13.2 Å². The van der Waals surface area contributed by atoms with E-state index < -0.39 is 0 Å². The summed E-state index contributed by atoms with van der Waals surface area (Å²) in [6.07, 6.45) is 0.593. The van der Waals surface area contributed by atoms with E-state index in [0.29, 0.717) is 12.5 Å². The normalized spacial score (nSPS) is 12.8. The molecule has 1 aromatic carbocycles. The summed E-state index contributed by atoms with van der Waals surface area (Å²) in [4.78, 5) is 0. The van der Waals surface area contributed by atoms with Crippen molar-refractivity contribution in [1.82, 2.24) is 5.32 Å². The van der Waals surface area contributed by atoms with E-state index in [1.165, 1.54) is 11.1 Å². The maximum Gasteiger partial charge on any atom is 0.0906 e. The second-order valence-electron chi connectivity index (χ2n) is 3.63. The van der Waals surface area contributed by atoms with Crippen molar-refractivity contribution in [1.29, 1.82) is 0 Å². The first-order valence-electron chi connectivity index (χ1n) is 5.10. The van der Waals surface area contributed by atoms with Crippen molar-refractivity contribution >= 4 is 0 Å². The molecule has 1 rings (SSSR count). The summed E-state index contributed by atoms with van der Waals surface area (Å²) in [5.41, 5.74) is 2.53. The van der Waals surface area contributed by atoms with Crippen LogP contribution in [0.2, 0.25) is 0 Å². The number of nitrogens with one attached hydrogen (secondary N) is 1. The fraction of sp³-hybridized carbons (Fsp3) is 0.500. The van der Waals surface area contributed by atoms with Crippen LogP contribution in [0.1, 0.15) is 30.5 Å². The number of benzene rings is 1. The Balaban J connectivity index is 2.47. The van der Waals surface area contributed by atoms with E-state index in [9.17, 15) is 4.39 Å². The van der Waals surface area contributed by atoms with E-state index in [1.807, 2.05) is 0 Å². The van der Waals surface area contributed by atoms with Gasteiger partial charge < -0.3 is 5.32 Å². The minimum Gasteiger partial charge on any atom is -0.310 e. The van der Waals surface area contributed by atoms with Gasteiger partial charge in [0.25, 0.3) is 0 Å². The van der Waals surface area contributed by atoms with E-state index in [4.69, 9.17) is 0 Å². The van der Waals surface area contributed by atoms with Crippen LogP contribution in [0.5, 0.6) is 0 Å². The van der Waals surface area contributed by atoms with Gasteiger partial charge in [-0.25, -0.2) is 0 Å². The van der Waals surface area contributed by atoms with Crippen LogP contribution < -0.4 is 5.32 Å². The molecule has 0 aliphatic carbocycles. The third-order valence-electron chi connectivity index (χ3n) is 2.30. The van der Waals surface area contributed by atoms with E-state index >= 15 is 0 Å². The lowest BCUT2D eigenvalue weighted by molar-refractivity contribution is 0.446. The Labute approximate surface area is 85.3 Å². The summed E-state index contributed by atoms with van der Waals surface area (Å²) in [5, 5.41) is 3.29. The Hall–Kier alpha value is -0.890. The lowest BCUT2D eigenvalue weighted by Gasteiger charge is -2.14. The maximum absolute atomic E-state index is 11.9. The minimum atomic E-state index is -0.243. The molecule has 1 N–H and O–H groups in total. The molecule has 0 aliphatic heterocycles. The topological polar surface area (TPSA) is 12.0 Å². The highest BCUT2D eigenvalue weighted by molar-refractivity contribution is 5.24. The quantitative estimate of drug-likeness (QED) is 0.712. The summed E-state index contributed by atoms with van der Waals surface area (Å²) in [7, 11) is 0. The van der Waals surface area contributed by atoms with Crippen LogP contribution >= 0.6 is 0 Å². The van der Waals surface area contributed by atoms with Gasteiger partial charge in [-0.2, -0.15) is 0 Å². The standard InChI is InChI=1S/C12H18FN/c1-10-5-3-6-12(9-10)11(2)14-8-4-7-13/h3,5-6,9,11,14H,4,7-8H2,1-2H3/t11-/m0/s1. The second kappa shape index (κ2) is 5.76. The number of aryl methyl sites for hydroxylation is 1. The molecule has 0 bridgehead atoms. The lowest BCUT2D eigenvalue weighted by Crippen LogP contribution is -2.20. The monoisotopic (exact) mass is 195 g/mol. The Bertz CT molecular complexity index is 273. The van der Waals surface area contributed by atoms with Gasteiger partial charge in [0, 0.05) is 6.04 Å². The first kappa shape index (κ1) is 11.2. The van der Waals surface area contributed by atoms with Crippen molar-refractivity contribution in [2.24, 2.45) is 0 Å². The minimum absolute atomic E-state index is 0.243. The van der Waals surface area contributed by atoms with Crippen molar-refractivity contribution in [2.45, 2.75) is 26.3 Å². The highest BCUT2D eigenvalue weighted by Crippen LogP contribution is 2.13. The van der Waals surface area contributed by atoms with Crippen molar-refractivity contribution in [3.8, 4) is 0 Å². The van der Waals surface area contributed by atoms with Crippen molar-refractivity contribution in [3.05, 3.63) is 35.4 Å². The van der Waals surface area contributed by atoms with Gasteiger partial charge in [-0.1, -0.05) is 29.8 Å². The summed E-state index contributed by atoms with van der Waals surface area (Å²) < 4.78 is 11.9. The van der Waals surface area contributed by atoms with Gasteiger partial charge in [0.2, 0.25) is 0 Å². The highest BCUT2D eigenvalue weighted by atomic mass is 19.1. The number of hydrogen-bond acceptors (Lipinski definition) is 1. The fourth-order valence-corrected chi connectivity index (χ4v) is 1.44. The average molecular weight is 195 g/mol. The molecular weight excluding hydrogens is 177 g/mol. The molecule has 0 spiro atoms. The number of hydrogen-bond donors (Lipinski definition) is 1. The molecule has 1 aromatic rings. The lowest BCUT2D eigenvalue weighted by atomic mass is 10.1. The zero-order valence-corrected chi connectivity index (χ0v) is 8.89. The van der Waals surface area contributed by atoms with Gasteiger partial charge in [-0.15, -0.1) is 0 Å². The molecule has 0 fully saturated rings. The SMILES string of the molecule is Cc1cccc([C@H](C)NCCCF)c1. The second-order valence-corrected chi connectivity index (χ2v) is 3.63. The molecule has 0 radical (unpaired) electrons. The van der Waals surface area contributed by atoms with Gasteiger partial charge in [0.1, 0.15) is 0 Å². The first-order valence-corrected chi connectivity index (χ1v) is 5.10. The van der Waals surface area contributed by atoms with Crippen LogP contribution in [0.25, 0.3) is 0 Å². The molecule has 0 unspecified atom stereocenters. The third-order valence-corrected chi connectivity index (χ3v) is 2.30. The summed E-state index contributed by atoms with van der Waals surface area (Å²) in [5.74, 6) is 0. The Morgan fingerprint density at radius 2 is 2.21 bits per heavy atom. The van der Waals surface area contributed by atoms with Crippen LogP contribution in [0.4, 0.5) is 4.39 Å². The molecule has 0 saturated carbocycles. The zero-order chi connectivity index (χ0) is 10.4. The molecule has 0 aromatic heterocycles. The van der Waals surface area contributed by atoms with Gasteiger partial charge in [0.15, 0.2) is 0 Å². The molecule has 0 heterocycles. The van der Waals surface area contributed by atoms with Gasteiger partial charge in [0.05, 0.1) is 6.67 Å². The summed E-state index contributed by atoms with van der Waals surface area (Å²) >= 11 is 0. The predicted octanol–water partition coefficient (Wildman–Crippen LogP) is 3.01. The molecule has 14 heavy (non-hydrogen) atoms. The molecule has 0 amide bonds. The third kappa shape index (κ3) is 3.46. The van der Waals surface area contributed by atoms with Crippen LogP contribution in [0.3, 0.4) is 0 Å². The van der Waals surface area contributed by atoms with Crippen molar-refractivity contribution < 1.29 is 4.39 Å². The maximum atomic E-state index is 11.9. The number of halogens is 1. The smallest absolute Gasteiger partial charge is 0.0906 e. The fourth-order valence-electron chi connectivity index (χ4n) is 1.44. The molecule has 0 aliphatic rings. The predicted molar refractivity (Wildman–Crippen MR) is 58.2 cm³/mol.